The molecule has 2 fully saturated rings. The number of piperidine rings is 2. The smallest absolute Gasteiger partial charge is 0.319 e. The lowest BCUT2D eigenvalue weighted by Crippen LogP contribution is -2.53. The summed E-state index contributed by atoms with van der Waals surface area (Å²) in [6.45, 7) is 5.40. The second-order valence-corrected chi connectivity index (χ2v) is 11.1. The van der Waals surface area contributed by atoms with Crippen molar-refractivity contribution in [2.45, 2.75) is 51.1 Å². The summed E-state index contributed by atoms with van der Waals surface area (Å²) in [6.07, 6.45) is 4.48. The molecule has 2 aliphatic heterocycles. The van der Waals surface area contributed by atoms with Crippen LogP contribution < -0.4 is 10.6 Å². The van der Waals surface area contributed by atoms with E-state index in [0.717, 1.165) is 97.4 Å². The average molecular weight is 541 g/mol. The molecule has 2 aliphatic rings. The molecule has 3 amide bonds. The third kappa shape index (κ3) is 5.36. The summed E-state index contributed by atoms with van der Waals surface area (Å²) in [5, 5.41) is 0. The fourth-order valence-electron chi connectivity index (χ4n) is 6.31. The molecule has 0 atom stereocenters. The molecular weight excluding hydrogens is 504 g/mol. The number of hydrogen-bond acceptors (Lipinski definition) is 5. The van der Waals surface area contributed by atoms with E-state index in [-0.39, 0.29) is 11.9 Å². The van der Waals surface area contributed by atoms with Crippen molar-refractivity contribution in [2.75, 3.05) is 31.1 Å². The maximum atomic E-state index is 13.0. The Bertz CT molecular complexity index is 1470. The van der Waals surface area contributed by atoms with Crippen LogP contribution in [0.3, 0.4) is 0 Å². The summed E-state index contributed by atoms with van der Waals surface area (Å²) in [5.41, 5.74) is 12.4. The van der Waals surface area contributed by atoms with Crippen LogP contribution in [0.4, 0.5) is 10.5 Å². The lowest BCUT2D eigenvalue weighted by Gasteiger charge is -2.43. The van der Waals surface area contributed by atoms with Gasteiger partial charge in [0.15, 0.2) is 0 Å². The first-order chi connectivity index (χ1) is 19.5. The van der Waals surface area contributed by atoms with Gasteiger partial charge in [-0.05, 0) is 86.1 Å². The highest BCUT2D eigenvalue weighted by Crippen LogP contribution is 2.28. The predicted octanol–water partition coefficient (Wildman–Crippen LogP) is 5.58. The Balaban J connectivity index is 1.03. The van der Waals surface area contributed by atoms with Crippen LogP contribution in [0.15, 0.2) is 75.9 Å². The topological polar surface area (TPSA) is 96.2 Å². The molecule has 40 heavy (non-hydrogen) atoms. The van der Waals surface area contributed by atoms with E-state index in [1.807, 2.05) is 66.4 Å². The van der Waals surface area contributed by atoms with Crippen LogP contribution in [0.1, 0.15) is 52.7 Å². The van der Waals surface area contributed by atoms with Gasteiger partial charge in [0.2, 0.25) is 11.2 Å². The SMILES string of the molecule is Cc1ccccc1C(=O)N1CCC(N2CCC(N(C(N)=O)c3ccc(Cc4ccc5ooc5c4)cc3)CC2)CC1. The summed E-state index contributed by atoms with van der Waals surface area (Å²) in [6, 6.07) is 22.0. The summed E-state index contributed by atoms with van der Waals surface area (Å²) in [4.78, 5) is 31.9. The number of urea groups is 1. The minimum atomic E-state index is -0.409. The Hall–Kier alpha value is -4.04. The van der Waals surface area contributed by atoms with Gasteiger partial charge in [0, 0.05) is 49.5 Å². The summed E-state index contributed by atoms with van der Waals surface area (Å²) < 4.78 is 9.91. The van der Waals surface area contributed by atoms with E-state index in [0.29, 0.717) is 6.04 Å². The fourth-order valence-corrected chi connectivity index (χ4v) is 6.31. The number of aryl methyl sites for hydroxylation is 1. The van der Waals surface area contributed by atoms with Crippen LogP contribution in [0.2, 0.25) is 0 Å². The maximum Gasteiger partial charge on any atom is 0.319 e. The monoisotopic (exact) mass is 540 g/mol. The molecular formula is C32H36N4O4. The highest BCUT2D eigenvalue weighted by molar-refractivity contribution is 5.95. The molecule has 3 heterocycles. The van der Waals surface area contributed by atoms with E-state index in [1.165, 1.54) is 0 Å². The maximum absolute atomic E-state index is 13.0. The predicted molar refractivity (Wildman–Crippen MR) is 154 cm³/mol. The number of nitrogens with zero attached hydrogens (tertiary/aromatic N) is 3. The lowest BCUT2D eigenvalue weighted by atomic mass is 9.96. The van der Waals surface area contributed by atoms with E-state index in [1.54, 1.807) is 4.90 Å². The van der Waals surface area contributed by atoms with Gasteiger partial charge in [0.25, 0.3) is 5.91 Å². The van der Waals surface area contributed by atoms with E-state index in [9.17, 15) is 9.59 Å². The van der Waals surface area contributed by atoms with E-state index >= 15 is 0 Å². The quantitative estimate of drug-likeness (QED) is 0.322. The molecule has 2 N–H and O–H groups in total. The third-order valence-electron chi connectivity index (χ3n) is 8.60. The largest absolute Gasteiger partial charge is 0.351 e. The number of fused-ring (bicyclic) bond motifs is 1. The second-order valence-electron chi connectivity index (χ2n) is 11.1. The number of likely N-dealkylation sites (tertiary alicyclic amines) is 2. The Labute approximate surface area is 234 Å². The number of benzene rings is 3. The molecule has 0 radical (unpaired) electrons. The van der Waals surface area contributed by atoms with Gasteiger partial charge in [0.1, 0.15) is 0 Å². The molecule has 0 spiro atoms. The Morgan fingerprint density at radius 3 is 2.15 bits per heavy atom. The van der Waals surface area contributed by atoms with E-state index in [2.05, 4.69) is 17.0 Å². The summed E-state index contributed by atoms with van der Waals surface area (Å²) in [5.74, 6) is 0.138. The van der Waals surface area contributed by atoms with Crippen LogP contribution in [-0.4, -0.2) is 60.0 Å². The Morgan fingerprint density at radius 1 is 0.850 bits per heavy atom. The van der Waals surface area contributed by atoms with Gasteiger partial charge < -0.3 is 15.5 Å². The van der Waals surface area contributed by atoms with E-state index in [4.69, 9.17) is 14.9 Å². The van der Waals surface area contributed by atoms with Crippen LogP contribution in [0, 0.1) is 6.92 Å². The standard InChI is InChI=1S/C32H36N4O4/c1-22-4-2-3-5-28(22)31(37)35-18-12-25(13-19-35)34-16-14-27(15-17-34)36(32(33)38)26-9-6-23(7-10-26)20-24-8-11-29-30(21-24)40-39-29/h2-11,21,25,27H,12-20H2,1H3,(H2,33,38). The number of amides is 3. The van der Waals surface area contributed by atoms with Crippen molar-refractivity contribution in [1.29, 1.82) is 0 Å². The Morgan fingerprint density at radius 2 is 1.52 bits per heavy atom. The molecule has 0 saturated carbocycles. The minimum absolute atomic E-state index is 0.0763. The van der Waals surface area contributed by atoms with Gasteiger partial charge in [-0.3, -0.25) is 18.8 Å². The fraction of sp³-hybridized carbons (Fsp3) is 0.375. The van der Waals surface area contributed by atoms with Crippen molar-refractivity contribution >= 4 is 28.8 Å². The van der Waals surface area contributed by atoms with Crippen molar-refractivity contribution in [3.63, 3.8) is 0 Å². The molecule has 3 aromatic carbocycles. The zero-order valence-electron chi connectivity index (χ0n) is 22.9. The van der Waals surface area contributed by atoms with Crippen LogP contribution in [0.5, 0.6) is 0 Å². The highest BCUT2D eigenvalue weighted by Gasteiger charge is 2.33. The molecule has 2 saturated heterocycles. The van der Waals surface area contributed by atoms with Gasteiger partial charge in [-0.25, -0.2) is 4.79 Å². The molecule has 6 rings (SSSR count). The number of carbonyl (C=O) groups excluding carboxylic acids is 2. The molecule has 0 unspecified atom stereocenters. The van der Waals surface area contributed by atoms with Crippen molar-refractivity contribution < 1.29 is 18.7 Å². The van der Waals surface area contributed by atoms with Crippen molar-refractivity contribution in [3.8, 4) is 0 Å². The number of anilines is 1. The van der Waals surface area contributed by atoms with Crippen molar-refractivity contribution in [2.24, 2.45) is 5.73 Å². The molecule has 4 aromatic rings. The van der Waals surface area contributed by atoms with Crippen LogP contribution >= 0.6 is 0 Å². The zero-order chi connectivity index (χ0) is 27.6. The molecule has 8 heteroatoms. The average Bonchev–Trinajstić information content (AvgIpc) is 2.96. The molecule has 8 nitrogen and oxygen atoms in total. The molecule has 208 valence electrons. The third-order valence-corrected chi connectivity index (χ3v) is 8.60. The first-order valence-electron chi connectivity index (χ1n) is 14.2. The first kappa shape index (κ1) is 26.2. The molecule has 1 aromatic heterocycles. The van der Waals surface area contributed by atoms with Gasteiger partial charge in [-0.2, -0.15) is 0 Å². The van der Waals surface area contributed by atoms with Crippen molar-refractivity contribution in [3.05, 3.63) is 89.0 Å². The van der Waals surface area contributed by atoms with Crippen molar-refractivity contribution in [1.82, 2.24) is 9.80 Å². The van der Waals surface area contributed by atoms with Gasteiger partial charge in [-0.15, -0.1) is 0 Å². The summed E-state index contributed by atoms with van der Waals surface area (Å²) in [7, 11) is 0. The van der Waals surface area contributed by atoms with Gasteiger partial charge in [0.05, 0.1) is 0 Å². The van der Waals surface area contributed by atoms with E-state index < -0.39 is 6.03 Å². The van der Waals surface area contributed by atoms with Gasteiger partial charge >= 0.3 is 6.03 Å². The molecule has 0 aliphatic carbocycles. The second kappa shape index (κ2) is 11.2. The minimum Gasteiger partial charge on any atom is -0.351 e. The first-order valence-corrected chi connectivity index (χ1v) is 14.2. The molecule has 0 bridgehead atoms. The number of carbonyl (C=O) groups is 2. The highest BCUT2D eigenvalue weighted by atomic mass is 17.0. The number of rotatable bonds is 6. The zero-order valence-corrected chi connectivity index (χ0v) is 22.9. The lowest BCUT2D eigenvalue weighted by molar-refractivity contribution is 0.0579. The normalized spacial score (nSPS) is 17.4. The number of hydrogen-bond donors (Lipinski definition) is 1. The number of nitrogens with two attached hydrogens (primary N) is 1. The summed E-state index contributed by atoms with van der Waals surface area (Å²) >= 11 is 0. The van der Waals surface area contributed by atoms with Crippen LogP contribution in [0.25, 0.3) is 11.2 Å². The van der Waals surface area contributed by atoms with Gasteiger partial charge in [-0.1, -0.05) is 36.4 Å². The number of primary amides is 1. The van der Waals surface area contributed by atoms with Crippen LogP contribution in [-0.2, 0) is 6.42 Å². The Kier molecular flexibility index (Phi) is 7.34.